The lowest BCUT2D eigenvalue weighted by Crippen LogP contribution is -2.30. The van der Waals surface area contributed by atoms with Crippen LogP contribution in [0.1, 0.15) is 5.56 Å². The van der Waals surface area contributed by atoms with Crippen LogP contribution in [0.4, 0.5) is 0 Å². The first-order valence-corrected chi connectivity index (χ1v) is 13.8. The lowest BCUT2D eigenvalue weighted by molar-refractivity contribution is 0.474. The summed E-state index contributed by atoms with van der Waals surface area (Å²) in [6, 6.07) is 41.4. The topological polar surface area (TPSA) is 57.2 Å². The molecule has 3 nitrogen and oxygen atoms in total. The van der Waals surface area contributed by atoms with Crippen LogP contribution >= 0.6 is 7.26 Å². The van der Waals surface area contributed by atoms with Gasteiger partial charge in [-0.05, 0) is 48.0 Å². The molecular weight excluding hydrogens is 435 g/mol. The molecule has 0 unspecified atom stereocenters. The molecule has 5 heteroatoms. The van der Waals surface area contributed by atoms with Gasteiger partial charge in [0.15, 0.2) is 0 Å². The summed E-state index contributed by atoms with van der Waals surface area (Å²) >= 11 is 0. The van der Waals surface area contributed by atoms with E-state index in [2.05, 4.69) is 97.7 Å². The Balaban J connectivity index is 0.000000207. The molecule has 0 atom stereocenters. The van der Waals surface area contributed by atoms with Gasteiger partial charge in [0.2, 0.25) is 0 Å². The van der Waals surface area contributed by atoms with Crippen LogP contribution in [0.3, 0.4) is 0 Å². The van der Waals surface area contributed by atoms with Gasteiger partial charge in [0.25, 0.3) is 0 Å². The first kappa shape index (κ1) is 23.6. The van der Waals surface area contributed by atoms with E-state index >= 15 is 0 Å². The molecular formula is C27H25O3PS. The van der Waals surface area contributed by atoms with Crippen LogP contribution in [0.25, 0.3) is 6.08 Å². The number of rotatable bonds is 5. The molecule has 4 aromatic carbocycles. The molecule has 0 saturated heterocycles. The third kappa shape index (κ3) is 6.48. The van der Waals surface area contributed by atoms with Gasteiger partial charge in [-0.15, -0.1) is 0 Å². The van der Waals surface area contributed by atoms with Crippen LogP contribution in [0.2, 0.25) is 0 Å². The number of hydrogen-bond acceptors (Lipinski definition) is 3. The molecule has 0 aromatic heterocycles. The average Bonchev–Trinajstić information content (AvgIpc) is 2.84. The molecule has 0 saturated carbocycles. The molecule has 0 aliphatic carbocycles. The second-order valence-corrected chi connectivity index (χ2v) is 12.0. The monoisotopic (exact) mass is 460 g/mol. The van der Waals surface area contributed by atoms with Crippen molar-refractivity contribution in [1.82, 2.24) is 0 Å². The van der Waals surface area contributed by atoms with Crippen LogP contribution in [-0.2, 0) is 10.1 Å². The van der Waals surface area contributed by atoms with Gasteiger partial charge >= 0.3 is 0 Å². The van der Waals surface area contributed by atoms with Gasteiger partial charge < -0.3 is 4.55 Å². The summed E-state index contributed by atoms with van der Waals surface area (Å²) in [6.07, 6.45) is 1.27. The average molecular weight is 461 g/mol. The van der Waals surface area contributed by atoms with Crippen LogP contribution in [-0.4, -0.2) is 19.6 Å². The Bertz CT molecular complexity index is 1130. The maximum atomic E-state index is 10.2. The van der Waals surface area contributed by atoms with Gasteiger partial charge in [0.1, 0.15) is 33.3 Å². The van der Waals surface area contributed by atoms with E-state index in [1.54, 1.807) is 24.3 Å². The molecule has 162 valence electrons. The summed E-state index contributed by atoms with van der Waals surface area (Å²) in [4.78, 5) is 0. The molecule has 0 spiro atoms. The fraction of sp³-hybridized carbons (Fsp3) is 0.0370. The quantitative estimate of drug-likeness (QED) is 0.317. The third-order valence-electron chi connectivity index (χ3n) is 5.04. The standard InChI is InChI=1S/C19H18P.C8H8O3S/c1-20(17-11-5-2-6-12-17,18-13-7-3-8-14-18)19-15-9-4-10-16-19;9-12(10,11)7-6-8-4-2-1-3-5-8/h2-16H,1H3;1-7H,(H,9,10,11)/q+1;/p-1. The van der Waals surface area contributed by atoms with Crippen molar-refractivity contribution in [2.24, 2.45) is 0 Å². The first-order chi connectivity index (χ1) is 15.4. The minimum atomic E-state index is -4.25. The zero-order valence-electron chi connectivity index (χ0n) is 17.8. The summed E-state index contributed by atoms with van der Waals surface area (Å²) in [7, 11) is -5.78. The zero-order valence-corrected chi connectivity index (χ0v) is 19.5. The summed E-state index contributed by atoms with van der Waals surface area (Å²) < 4.78 is 30.5. The van der Waals surface area contributed by atoms with Gasteiger partial charge in [0, 0.05) is 5.41 Å². The molecule has 0 heterocycles. The van der Waals surface area contributed by atoms with Crippen molar-refractivity contribution in [1.29, 1.82) is 0 Å². The maximum Gasteiger partial charge on any atom is 0.117 e. The fourth-order valence-electron chi connectivity index (χ4n) is 3.35. The Morgan fingerprint density at radius 3 is 1.22 bits per heavy atom. The molecule has 0 bridgehead atoms. The minimum absolute atomic E-state index is 0.641. The van der Waals surface area contributed by atoms with Crippen molar-refractivity contribution in [3.05, 3.63) is 132 Å². The minimum Gasteiger partial charge on any atom is -0.744 e. The van der Waals surface area contributed by atoms with E-state index in [1.807, 2.05) is 6.07 Å². The smallest absolute Gasteiger partial charge is 0.117 e. The fourth-order valence-corrected chi connectivity index (χ4v) is 6.88. The zero-order chi connectivity index (χ0) is 22.9. The van der Waals surface area contributed by atoms with E-state index in [0.717, 1.165) is 0 Å². The summed E-state index contributed by atoms with van der Waals surface area (Å²) in [6.45, 7) is 2.41. The van der Waals surface area contributed by atoms with Gasteiger partial charge in [-0.1, -0.05) is 84.9 Å². The van der Waals surface area contributed by atoms with Crippen molar-refractivity contribution in [2.45, 2.75) is 0 Å². The van der Waals surface area contributed by atoms with E-state index in [9.17, 15) is 13.0 Å². The van der Waals surface area contributed by atoms with E-state index < -0.39 is 17.4 Å². The molecule has 32 heavy (non-hydrogen) atoms. The van der Waals surface area contributed by atoms with Gasteiger partial charge in [0.05, 0.1) is 6.66 Å². The third-order valence-corrected chi connectivity index (χ3v) is 9.51. The van der Waals surface area contributed by atoms with Crippen molar-refractivity contribution in [2.75, 3.05) is 6.66 Å². The SMILES string of the molecule is C[P+](c1ccccc1)(c1ccccc1)c1ccccc1.O=S(=O)([O-])C=Cc1ccccc1. The summed E-state index contributed by atoms with van der Waals surface area (Å²) in [5, 5.41) is 4.93. The second-order valence-electron chi connectivity index (χ2n) is 7.22. The molecule has 4 rings (SSSR count). The van der Waals surface area contributed by atoms with E-state index in [-0.39, 0.29) is 0 Å². The van der Waals surface area contributed by atoms with Gasteiger partial charge in [-0.3, -0.25) is 0 Å². The Kier molecular flexibility index (Phi) is 8.13. The number of benzene rings is 4. The van der Waals surface area contributed by atoms with Gasteiger partial charge in [-0.2, -0.15) is 0 Å². The molecule has 0 amide bonds. The lowest BCUT2D eigenvalue weighted by atomic mass is 10.2. The van der Waals surface area contributed by atoms with Crippen LogP contribution in [0.15, 0.2) is 127 Å². The lowest BCUT2D eigenvalue weighted by Gasteiger charge is -2.22. The highest BCUT2D eigenvalue weighted by Crippen LogP contribution is 2.51. The largest absolute Gasteiger partial charge is 0.744 e. The van der Waals surface area contributed by atoms with Crippen molar-refractivity contribution in [3.8, 4) is 0 Å². The highest BCUT2D eigenvalue weighted by molar-refractivity contribution is 7.95. The Morgan fingerprint density at radius 1 is 0.594 bits per heavy atom. The van der Waals surface area contributed by atoms with Crippen LogP contribution in [0, 0.1) is 0 Å². The second kappa shape index (κ2) is 11.0. The van der Waals surface area contributed by atoms with E-state index in [0.29, 0.717) is 11.0 Å². The van der Waals surface area contributed by atoms with E-state index in [1.165, 1.54) is 22.0 Å². The molecule has 0 fully saturated rings. The summed E-state index contributed by atoms with van der Waals surface area (Å²) in [5.74, 6) is 0. The number of hydrogen-bond donors (Lipinski definition) is 0. The molecule has 0 radical (unpaired) electrons. The Hall–Kier alpha value is -3.04. The predicted molar refractivity (Wildman–Crippen MR) is 136 cm³/mol. The van der Waals surface area contributed by atoms with Crippen molar-refractivity contribution < 1.29 is 13.0 Å². The highest BCUT2D eigenvalue weighted by Gasteiger charge is 2.39. The van der Waals surface area contributed by atoms with Crippen molar-refractivity contribution >= 4 is 39.4 Å². The first-order valence-electron chi connectivity index (χ1n) is 10.1. The Labute approximate surface area is 191 Å². The molecule has 0 N–H and O–H groups in total. The molecule has 0 aliphatic heterocycles. The highest BCUT2D eigenvalue weighted by atomic mass is 32.2. The maximum absolute atomic E-state index is 10.2. The van der Waals surface area contributed by atoms with Crippen LogP contribution in [0.5, 0.6) is 0 Å². The Morgan fingerprint density at radius 2 is 0.906 bits per heavy atom. The molecule has 4 aromatic rings. The molecule has 0 aliphatic rings. The summed E-state index contributed by atoms with van der Waals surface area (Å²) in [5.41, 5.74) is 0.692. The van der Waals surface area contributed by atoms with Crippen LogP contribution < -0.4 is 15.9 Å². The van der Waals surface area contributed by atoms with E-state index in [4.69, 9.17) is 0 Å². The normalized spacial score (nSPS) is 11.6. The predicted octanol–water partition coefficient (Wildman–Crippen LogP) is 4.81. The van der Waals surface area contributed by atoms with Gasteiger partial charge in [-0.25, -0.2) is 8.42 Å². The van der Waals surface area contributed by atoms with Crippen molar-refractivity contribution in [3.63, 3.8) is 0 Å².